The largest absolute Gasteiger partial charge is 0.385 e. The summed E-state index contributed by atoms with van der Waals surface area (Å²) < 4.78 is 5.00. The standard InChI is InChI=1S/C14H24N4O.HI/c1-3-15-14(17-10-6-12-19-2)18-11-8-13-7-4-5-9-16-13;/h4-5,7,9H,3,6,8,10-12H2,1-2H3,(H2,15,17,18);1H. The number of hydrogen-bond acceptors (Lipinski definition) is 3. The molecule has 0 aliphatic rings. The lowest BCUT2D eigenvalue weighted by Gasteiger charge is -2.10. The van der Waals surface area contributed by atoms with Gasteiger partial charge in [-0.2, -0.15) is 0 Å². The van der Waals surface area contributed by atoms with Gasteiger partial charge in [-0.3, -0.25) is 9.98 Å². The number of methoxy groups -OCH3 is 1. The van der Waals surface area contributed by atoms with Crippen LogP contribution in [0.15, 0.2) is 29.4 Å². The van der Waals surface area contributed by atoms with E-state index in [1.54, 1.807) is 7.11 Å². The molecule has 1 aromatic heterocycles. The van der Waals surface area contributed by atoms with E-state index in [0.717, 1.165) is 50.7 Å². The summed E-state index contributed by atoms with van der Waals surface area (Å²) in [6, 6.07) is 5.97. The molecule has 0 saturated heterocycles. The molecule has 2 N–H and O–H groups in total. The van der Waals surface area contributed by atoms with Gasteiger partial charge in [0.1, 0.15) is 0 Å². The van der Waals surface area contributed by atoms with Gasteiger partial charge in [0.15, 0.2) is 5.96 Å². The molecule has 0 bridgehead atoms. The van der Waals surface area contributed by atoms with Crippen LogP contribution in [0.1, 0.15) is 19.0 Å². The normalized spacial score (nSPS) is 10.8. The van der Waals surface area contributed by atoms with Crippen molar-refractivity contribution in [2.24, 2.45) is 4.99 Å². The maximum atomic E-state index is 5.00. The molecule has 0 fully saturated rings. The molecule has 0 unspecified atom stereocenters. The van der Waals surface area contributed by atoms with Gasteiger partial charge in [0.05, 0.1) is 0 Å². The third-order valence-corrected chi connectivity index (χ3v) is 2.52. The van der Waals surface area contributed by atoms with Gasteiger partial charge in [-0.1, -0.05) is 6.07 Å². The molecule has 0 aliphatic heterocycles. The van der Waals surface area contributed by atoms with Crippen molar-refractivity contribution in [2.45, 2.75) is 19.8 Å². The average Bonchev–Trinajstić information content (AvgIpc) is 2.44. The molecule has 0 atom stereocenters. The van der Waals surface area contributed by atoms with Crippen LogP contribution in [0.4, 0.5) is 0 Å². The van der Waals surface area contributed by atoms with Crippen molar-refractivity contribution < 1.29 is 4.74 Å². The number of nitrogens with zero attached hydrogens (tertiary/aromatic N) is 2. The Labute approximate surface area is 138 Å². The molecule has 5 nitrogen and oxygen atoms in total. The smallest absolute Gasteiger partial charge is 0.191 e. The zero-order valence-corrected chi connectivity index (χ0v) is 14.6. The first kappa shape index (κ1) is 19.1. The molecule has 0 amide bonds. The first-order valence-corrected chi connectivity index (χ1v) is 6.78. The quantitative estimate of drug-likeness (QED) is 0.307. The Morgan fingerprint density at radius 2 is 2.20 bits per heavy atom. The van der Waals surface area contributed by atoms with Gasteiger partial charge in [0, 0.05) is 51.7 Å². The van der Waals surface area contributed by atoms with Crippen LogP contribution in [0.2, 0.25) is 0 Å². The van der Waals surface area contributed by atoms with Crippen molar-refractivity contribution in [3.05, 3.63) is 30.1 Å². The SMILES string of the molecule is CCNC(=NCCCOC)NCCc1ccccn1.I. The highest BCUT2D eigenvalue weighted by Crippen LogP contribution is 1.93. The molecule has 20 heavy (non-hydrogen) atoms. The minimum Gasteiger partial charge on any atom is -0.385 e. The van der Waals surface area contributed by atoms with E-state index in [9.17, 15) is 0 Å². The van der Waals surface area contributed by atoms with Crippen molar-refractivity contribution in [1.29, 1.82) is 0 Å². The van der Waals surface area contributed by atoms with Gasteiger partial charge in [-0.25, -0.2) is 0 Å². The summed E-state index contributed by atoms with van der Waals surface area (Å²) in [6.07, 6.45) is 3.65. The minimum atomic E-state index is 0. The molecule has 1 aromatic rings. The second-order valence-electron chi connectivity index (χ2n) is 4.10. The van der Waals surface area contributed by atoms with Crippen LogP contribution >= 0.6 is 24.0 Å². The average molecular weight is 392 g/mol. The lowest BCUT2D eigenvalue weighted by molar-refractivity contribution is 0.197. The number of aliphatic imine (C=N–C) groups is 1. The van der Waals surface area contributed by atoms with Gasteiger partial charge in [-0.15, -0.1) is 24.0 Å². The van der Waals surface area contributed by atoms with E-state index >= 15 is 0 Å². The number of rotatable bonds is 8. The number of hydrogen-bond donors (Lipinski definition) is 2. The monoisotopic (exact) mass is 392 g/mol. The Hall–Kier alpha value is -0.890. The zero-order chi connectivity index (χ0) is 13.8. The first-order valence-electron chi connectivity index (χ1n) is 6.78. The van der Waals surface area contributed by atoms with Gasteiger partial charge in [0.25, 0.3) is 0 Å². The van der Waals surface area contributed by atoms with Crippen LogP contribution in [0.3, 0.4) is 0 Å². The molecule has 6 heteroatoms. The van der Waals surface area contributed by atoms with Crippen molar-refractivity contribution in [1.82, 2.24) is 15.6 Å². The summed E-state index contributed by atoms with van der Waals surface area (Å²) in [4.78, 5) is 8.77. The Bertz CT molecular complexity index is 359. The zero-order valence-electron chi connectivity index (χ0n) is 12.3. The predicted molar refractivity (Wildman–Crippen MR) is 93.8 cm³/mol. The summed E-state index contributed by atoms with van der Waals surface area (Å²) in [7, 11) is 1.71. The molecule has 114 valence electrons. The van der Waals surface area contributed by atoms with Gasteiger partial charge < -0.3 is 15.4 Å². The number of aromatic nitrogens is 1. The van der Waals surface area contributed by atoms with Crippen molar-refractivity contribution >= 4 is 29.9 Å². The second kappa shape index (κ2) is 13.1. The number of pyridine rings is 1. The van der Waals surface area contributed by atoms with E-state index in [1.165, 1.54) is 0 Å². The number of nitrogens with one attached hydrogen (secondary N) is 2. The fourth-order valence-corrected chi connectivity index (χ4v) is 1.60. The van der Waals surface area contributed by atoms with Gasteiger partial charge in [-0.05, 0) is 25.5 Å². The highest BCUT2D eigenvalue weighted by molar-refractivity contribution is 14.0. The lowest BCUT2D eigenvalue weighted by atomic mass is 10.3. The Morgan fingerprint density at radius 3 is 2.85 bits per heavy atom. The molecule has 0 saturated carbocycles. The maximum absolute atomic E-state index is 5.00. The van der Waals surface area contributed by atoms with Crippen LogP contribution in [-0.2, 0) is 11.2 Å². The predicted octanol–water partition coefficient (Wildman–Crippen LogP) is 1.83. The molecule has 0 aromatic carbocycles. The topological polar surface area (TPSA) is 58.5 Å². The lowest BCUT2D eigenvalue weighted by Crippen LogP contribution is -2.38. The fraction of sp³-hybridized carbons (Fsp3) is 0.571. The Balaban J connectivity index is 0.00000361. The summed E-state index contributed by atoms with van der Waals surface area (Å²) in [5, 5.41) is 6.53. The van der Waals surface area contributed by atoms with Gasteiger partial charge in [0.2, 0.25) is 0 Å². The third kappa shape index (κ3) is 9.08. The minimum absolute atomic E-state index is 0. The third-order valence-electron chi connectivity index (χ3n) is 2.52. The van der Waals surface area contributed by atoms with Crippen LogP contribution < -0.4 is 10.6 Å². The molecule has 0 radical (unpaired) electrons. The van der Waals surface area contributed by atoms with E-state index < -0.39 is 0 Å². The second-order valence-corrected chi connectivity index (χ2v) is 4.10. The molecular weight excluding hydrogens is 367 g/mol. The van der Waals surface area contributed by atoms with Crippen molar-refractivity contribution in [3.63, 3.8) is 0 Å². The maximum Gasteiger partial charge on any atom is 0.191 e. The van der Waals surface area contributed by atoms with E-state index in [-0.39, 0.29) is 24.0 Å². The van der Waals surface area contributed by atoms with E-state index in [1.807, 2.05) is 24.4 Å². The molecule has 0 spiro atoms. The Morgan fingerprint density at radius 1 is 1.35 bits per heavy atom. The highest BCUT2D eigenvalue weighted by Gasteiger charge is 1.97. The molecular formula is C14H25IN4O. The fourth-order valence-electron chi connectivity index (χ4n) is 1.60. The van der Waals surface area contributed by atoms with E-state index in [2.05, 4.69) is 27.5 Å². The highest BCUT2D eigenvalue weighted by atomic mass is 127. The van der Waals surface area contributed by atoms with Crippen LogP contribution in [0, 0.1) is 0 Å². The first-order chi connectivity index (χ1) is 9.36. The summed E-state index contributed by atoms with van der Waals surface area (Å²) >= 11 is 0. The number of halogens is 1. The Kier molecular flexibility index (Phi) is 12.5. The van der Waals surface area contributed by atoms with Gasteiger partial charge >= 0.3 is 0 Å². The molecule has 0 aliphatic carbocycles. The molecule has 1 heterocycles. The van der Waals surface area contributed by atoms with E-state index in [4.69, 9.17) is 4.74 Å². The van der Waals surface area contributed by atoms with E-state index in [0.29, 0.717) is 0 Å². The van der Waals surface area contributed by atoms with Crippen LogP contribution in [-0.4, -0.2) is 44.3 Å². The summed E-state index contributed by atoms with van der Waals surface area (Å²) in [6.45, 7) is 5.27. The number of guanidine groups is 1. The van der Waals surface area contributed by atoms with Crippen molar-refractivity contribution in [3.8, 4) is 0 Å². The van der Waals surface area contributed by atoms with Crippen LogP contribution in [0.25, 0.3) is 0 Å². The summed E-state index contributed by atoms with van der Waals surface area (Å²) in [5.41, 5.74) is 1.09. The molecule has 1 rings (SSSR count). The van der Waals surface area contributed by atoms with Crippen LogP contribution in [0.5, 0.6) is 0 Å². The van der Waals surface area contributed by atoms with Crippen molar-refractivity contribution in [2.75, 3.05) is 33.4 Å². The summed E-state index contributed by atoms with van der Waals surface area (Å²) in [5.74, 6) is 0.856. The number of ether oxygens (including phenoxy) is 1.